The third-order valence-corrected chi connectivity index (χ3v) is 6.41. The number of aliphatic hydroxyl groups is 2. The van der Waals surface area contributed by atoms with Crippen LogP contribution in [-0.2, 0) is 11.3 Å². The van der Waals surface area contributed by atoms with Crippen molar-refractivity contribution in [2.45, 2.75) is 25.1 Å². The Morgan fingerprint density at radius 2 is 2.06 bits per heavy atom. The molecule has 9 nitrogen and oxygen atoms in total. The van der Waals surface area contributed by atoms with Crippen molar-refractivity contribution in [3.63, 3.8) is 0 Å². The summed E-state index contributed by atoms with van der Waals surface area (Å²) < 4.78 is 32.7. The molecule has 0 aliphatic rings. The summed E-state index contributed by atoms with van der Waals surface area (Å²) in [6.45, 7) is -0.930. The summed E-state index contributed by atoms with van der Waals surface area (Å²) >= 11 is 6.96. The number of aromatic nitrogens is 1. The van der Waals surface area contributed by atoms with Gasteiger partial charge in [-0.15, -0.1) is 0 Å². The highest BCUT2D eigenvalue weighted by molar-refractivity contribution is 7.22. The molecule has 0 saturated heterocycles. The maximum Gasteiger partial charge on any atom is 0.413 e. The van der Waals surface area contributed by atoms with Crippen LogP contribution in [0.1, 0.15) is 12.0 Å². The number of thiazole rings is 1. The van der Waals surface area contributed by atoms with Crippen LogP contribution in [0.5, 0.6) is 0 Å². The minimum atomic E-state index is -1.17. The van der Waals surface area contributed by atoms with E-state index >= 15 is 0 Å². The Hall–Kier alpha value is -3.06. The van der Waals surface area contributed by atoms with Crippen LogP contribution in [0.4, 0.5) is 23.5 Å². The molecule has 0 spiro atoms. The van der Waals surface area contributed by atoms with Gasteiger partial charge in [-0.3, -0.25) is 5.32 Å². The number of hydrogen-bond acceptors (Lipinski definition) is 7. The van der Waals surface area contributed by atoms with Crippen LogP contribution in [-0.4, -0.2) is 64.6 Å². The molecule has 1 aromatic heterocycles. The fraction of sp³-hybridized carbons (Fsp3) is 0.318. The van der Waals surface area contributed by atoms with Gasteiger partial charge in [-0.25, -0.2) is 23.4 Å². The molecule has 1 heterocycles. The summed E-state index contributed by atoms with van der Waals surface area (Å²) in [7, 11) is 1.42. The predicted molar refractivity (Wildman–Crippen MR) is 127 cm³/mol. The smallest absolute Gasteiger partial charge is 0.413 e. The summed E-state index contributed by atoms with van der Waals surface area (Å²) in [5.74, 6) is -1.05. The first-order valence-electron chi connectivity index (χ1n) is 10.4. The van der Waals surface area contributed by atoms with Gasteiger partial charge in [-0.2, -0.15) is 0 Å². The summed E-state index contributed by atoms with van der Waals surface area (Å²) in [5, 5.41) is 24.2. The standard InChI is InChI=1S/C22H23ClF2N4O5S/c1-29(21(32)26-9-12-3-2-4-16(25)19(12)23)14(8-15(31)10-30)11-34-22(33)28-20-27-17-6-5-13(24)7-18(17)35-20/h2-7,14-15,30-31H,8-11H2,1H3,(H,26,32)(H,27,28,33)/t14-,15+/m0/s1. The number of anilines is 1. The number of aliphatic hydroxyl groups excluding tert-OH is 2. The molecular formula is C22H23ClF2N4O5S. The Bertz CT molecular complexity index is 1200. The normalized spacial score (nSPS) is 12.7. The lowest BCUT2D eigenvalue weighted by atomic mass is 10.1. The highest BCUT2D eigenvalue weighted by Gasteiger charge is 2.25. The van der Waals surface area contributed by atoms with Gasteiger partial charge < -0.3 is 25.2 Å². The van der Waals surface area contributed by atoms with Crippen LogP contribution in [0.3, 0.4) is 0 Å². The van der Waals surface area contributed by atoms with E-state index in [9.17, 15) is 28.6 Å². The Morgan fingerprint density at radius 3 is 2.80 bits per heavy atom. The number of nitrogens with zero attached hydrogens (tertiary/aromatic N) is 2. The Kier molecular flexibility index (Phi) is 9.15. The van der Waals surface area contributed by atoms with Crippen molar-refractivity contribution in [3.05, 3.63) is 58.6 Å². The second-order valence-electron chi connectivity index (χ2n) is 7.56. The first-order chi connectivity index (χ1) is 16.7. The number of carbonyl (C=O) groups is 2. The zero-order valence-corrected chi connectivity index (χ0v) is 20.1. The highest BCUT2D eigenvalue weighted by Crippen LogP contribution is 2.26. The summed E-state index contributed by atoms with van der Waals surface area (Å²) in [6, 6.07) is 6.83. The van der Waals surface area contributed by atoms with E-state index in [0.717, 1.165) is 11.3 Å². The average Bonchev–Trinajstić information content (AvgIpc) is 3.22. The number of carbonyl (C=O) groups excluding carboxylic acids is 2. The highest BCUT2D eigenvalue weighted by atomic mass is 35.5. The lowest BCUT2D eigenvalue weighted by Crippen LogP contribution is -2.47. The van der Waals surface area contributed by atoms with E-state index in [-0.39, 0.29) is 29.7 Å². The van der Waals surface area contributed by atoms with Gasteiger partial charge in [0.1, 0.15) is 18.2 Å². The molecule has 0 aliphatic carbocycles. The number of benzene rings is 2. The van der Waals surface area contributed by atoms with E-state index in [1.54, 1.807) is 6.07 Å². The van der Waals surface area contributed by atoms with Gasteiger partial charge in [0.25, 0.3) is 0 Å². The van der Waals surface area contributed by atoms with Crippen LogP contribution in [0.15, 0.2) is 36.4 Å². The van der Waals surface area contributed by atoms with Crippen molar-refractivity contribution < 1.29 is 33.3 Å². The van der Waals surface area contributed by atoms with Crippen molar-refractivity contribution in [1.82, 2.24) is 15.2 Å². The molecular weight excluding hydrogens is 506 g/mol. The summed E-state index contributed by atoms with van der Waals surface area (Å²) in [6.07, 6.45) is -2.12. The summed E-state index contributed by atoms with van der Waals surface area (Å²) in [5.41, 5.74) is 0.872. The van der Waals surface area contributed by atoms with E-state index in [0.29, 0.717) is 15.8 Å². The predicted octanol–water partition coefficient (Wildman–Crippen LogP) is 3.73. The molecule has 2 aromatic carbocycles. The largest absolute Gasteiger partial charge is 0.447 e. The Balaban J connectivity index is 1.59. The van der Waals surface area contributed by atoms with Crippen molar-refractivity contribution in [1.29, 1.82) is 0 Å². The summed E-state index contributed by atoms with van der Waals surface area (Å²) in [4.78, 5) is 30.3. The first kappa shape index (κ1) is 26.5. The number of nitrogens with one attached hydrogen (secondary N) is 2. The van der Waals surface area contributed by atoms with Gasteiger partial charge in [0.15, 0.2) is 5.13 Å². The number of amides is 3. The van der Waals surface area contributed by atoms with Crippen molar-refractivity contribution in [2.24, 2.45) is 0 Å². The molecule has 3 aromatic rings. The molecule has 3 amide bonds. The van der Waals surface area contributed by atoms with Gasteiger partial charge >= 0.3 is 12.1 Å². The first-order valence-corrected chi connectivity index (χ1v) is 11.6. The second-order valence-corrected chi connectivity index (χ2v) is 8.97. The molecule has 0 aliphatic heterocycles. The average molecular weight is 529 g/mol. The Morgan fingerprint density at radius 1 is 1.29 bits per heavy atom. The zero-order chi connectivity index (χ0) is 25.5. The number of urea groups is 1. The molecule has 0 bridgehead atoms. The number of ether oxygens (including phenoxy) is 1. The van der Waals surface area contributed by atoms with Crippen molar-refractivity contribution in [3.8, 4) is 0 Å². The molecule has 3 rings (SSSR count). The molecule has 13 heteroatoms. The SMILES string of the molecule is CN(C(=O)NCc1cccc(F)c1Cl)[C@H](COC(=O)Nc1nc2ccc(F)cc2s1)C[C@@H](O)CO. The third-order valence-electron chi connectivity index (χ3n) is 5.05. The molecule has 0 radical (unpaired) electrons. The van der Waals surface area contributed by atoms with Gasteiger partial charge in [-0.1, -0.05) is 35.1 Å². The number of fused-ring (bicyclic) bond motifs is 1. The van der Waals surface area contributed by atoms with E-state index in [1.165, 1.54) is 42.3 Å². The lowest BCUT2D eigenvalue weighted by molar-refractivity contribution is 0.0480. The van der Waals surface area contributed by atoms with E-state index in [4.69, 9.17) is 16.3 Å². The monoisotopic (exact) mass is 528 g/mol. The fourth-order valence-electron chi connectivity index (χ4n) is 3.12. The third kappa shape index (κ3) is 7.21. The minimum Gasteiger partial charge on any atom is -0.447 e. The van der Waals surface area contributed by atoms with E-state index in [2.05, 4.69) is 15.6 Å². The topological polar surface area (TPSA) is 124 Å². The van der Waals surface area contributed by atoms with Crippen molar-refractivity contribution in [2.75, 3.05) is 25.6 Å². The maximum absolute atomic E-state index is 13.6. The molecule has 0 unspecified atom stereocenters. The number of rotatable bonds is 9. The molecule has 188 valence electrons. The number of halogens is 3. The van der Waals surface area contributed by atoms with Crippen molar-refractivity contribution >= 4 is 50.4 Å². The maximum atomic E-state index is 13.6. The lowest BCUT2D eigenvalue weighted by Gasteiger charge is -2.29. The number of likely N-dealkylation sites (N-methyl/N-ethyl adjacent to an activating group) is 1. The van der Waals surface area contributed by atoms with Gasteiger partial charge in [-0.05, 0) is 36.2 Å². The van der Waals surface area contributed by atoms with Gasteiger partial charge in [0.2, 0.25) is 0 Å². The molecule has 0 saturated carbocycles. The van der Waals surface area contributed by atoms with E-state index < -0.39 is 42.5 Å². The van der Waals surface area contributed by atoms with E-state index in [1.807, 2.05) is 0 Å². The van der Waals surface area contributed by atoms with Crippen LogP contribution in [0, 0.1) is 11.6 Å². The van der Waals surface area contributed by atoms with Gasteiger partial charge in [0, 0.05) is 13.6 Å². The van der Waals surface area contributed by atoms with Crippen LogP contribution in [0.25, 0.3) is 10.2 Å². The molecule has 0 fully saturated rings. The Labute approximate surface area is 208 Å². The second kappa shape index (κ2) is 12.1. The van der Waals surface area contributed by atoms with Crippen LogP contribution >= 0.6 is 22.9 Å². The number of hydrogen-bond donors (Lipinski definition) is 4. The van der Waals surface area contributed by atoms with Crippen LogP contribution in [0.2, 0.25) is 5.02 Å². The fourth-order valence-corrected chi connectivity index (χ4v) is 4.19. The molecule has 2 atom stereocenters. The molecule has 35 heavy (non-hydrogen) atoms. The van der Waals surface area contributed by atoms with Crippen LogP contribution < -0.4 is 10.6 Å². The van der Waals surface area contributed by atoms with Gasteiger partial charge in [0.05, 0.1) is 34.0 Å². The quantitative estimate of drug-likeness (QED) is 0.335. The molecule has 4 N–H and O–H groups in total. The zero-order valence-electron chi connectivity index (χ0n) is 18.5. The minimum absolute atomic E-state index is 0.0609.